The summed E-state index contributed by atoms with van der Waals surface area (Å²) < 4.78 is 16.2. The monoisotopic (exact) mass is 279 g/mol. The number of likely N-dealkylation sites (tertiary alicyclic amines) is 1. The smallest absolute Gasteiger partial charge is 0.231 e. The Balaban J connectivity index is 1.74. The quantitative estimate of drug-likeness (QED) is 0.908. The number of aliphatic hydroxyl groups excluding tert-OH is 1. The van der Waals surface area contributed by atoms with Gasteiger partial charge < -0.3 is 19.3 Å². The van der Waals surface area contributed by atoms with E-state index in [1.54, 1.807) is 7.11 Å². The van der Waals surface area contributed by atoms with Gasteiger partial charge in [0.1, 0.15) is 0 Å². The van der Waals surface area contributed by atoms with Crippen LogP contribution in [0.15, 0.2) is 12.1 Å². The van der Waals surface area contributed by atoms with Crippen molar-refractivity contribution >= 4 is 0 Å². The van der Waals surface area contributed by atoms with Crippen LogP contribution < -0.4 is 14.2 Å². The number of fused-ring (bicyclic) bond motifs is 1. The lowest BCUT2D eigenvalue weighted by atomic mass is 9.98. The summed E-state index contributed by atoms with van der Waals surface area (Å²) in [5.41, 5.74) is 1.16. The normalized spacial score (nSPS) is 22.0. The van der Waals surface area contributed by atoms with Crippen molar-refractivity contribution in [3.8, 4) is 17.2 Å². The molecule has 1 saturated heterocycles. The molecular formula is C15H21NO4. The lowest BCUT2D eigenvalue weighted by molar-refractivity contribution is 0.116. The van der Waals surface area contributed by atoms with Gasteiger partial charge in [-0.3, -0.25) is 4.90 Å². The Labute approximate surface area is 119 Å². The van der Waals surface area contributed by atoms with Gasteiger partial charge in [0.25, 0.3) is 0 Å². The van der Waals surface area contributed by atoms with E-state index in [0.717, 1.165) is 49.5 Å². The molecule has 2 heterocycles. The van der Waals surface area contributed by atoms with Gasteiger partial charge in [0.2, 0.25) is 12.5 Å². The lowest BCUT2D eigenvalue weighted by Gasteiger charge is -2.31. The van der Waals surface area contributed by atoms with Crippen LogP contribution in [-0.4, -0.2) is 43.6 Å². The molecule has 0 spiro atoms. The minimum atomic E-state index is 0.255. The van der Waals surface area contributed by atoms with E-state index in [9.17, 15) is 5.11 Å². The summed E-state index contributed by atoms with van der Waals surface area (Å²) in [7, 11) is 1.64. The van der Waals surface area contributed by atoms with Crippen molar-refractivity contribution in [2.75, 3.05) is 33.6 Å². The van der Waals surface area contributed by atoms with Gasteiger partial charge in [-0.2, -0.15) is 0 Å². The maximum Gasteiger partial charge on any atom is 0.231 e. The molecule has 5 nitrogen and oxygen atoms in total. The fourth-order valence-corrected chi connectivity index (χ4v) is 2.98. The molecule has 0 amide bonds. The van der Waals surface area contributed by atoms with E-state index in [1.165, 1.54) is 0 Å². The highest BCUT2D eigenvalue weighted by atomic mass is 16.7. The molecule has 1 aromatic rings. The van der Waals surface area contributed by atoms with E-state index in [4.69, 9.17) is 14.2 Å². The first kappa shape index (κ1) is 13.5. The third-order valence-electron chi connectivity index (χ3n) is 3.99. The number of hydrogen-bond acceptors (Lipinski definition) is 5. The van der Waals surface area contributed by atoms with Gasteiger partial charge in [0.05, 0.1) is 7.11 Å². The highest BCUT2D eigenvalue weighted by Crippen LogP contribution is 2.42. The number of nitrogens with zero attached hydrogens (tertiary/aromatic N) is 1. The van der Waals surface area contributed by atoms with Gasteiger partial charge in [-0.05, 0) is 43.0 Å². The summed E-state index contributed by atoms with van der Waals surface area (Å²) in [4.78, 5) is 2.38. The van der Waals surface area contributed by atoms with Crippen molar-refractivity contribution in [3.63, 3.8) is 0 Å². The van der Waals surface area contributed by atoms with Gasteiger partial charge in [-0.15, -0.1) is 0 Å². The largest absolute Gasteiger partial charge is 0.493 e. The zero-order valence-corrected chi connectivity index (χ0v) is 11.8. The van der Waals surface area contributed by atoms with Crippen LogP contribution in [0.4, 0.5) is 0 Å². The molecule has 1 atom stereocenters. The number of methoxy groups -OCH3 is 1. The predicted molar refractivity (Wildman–Crippen MR) is 74.2 cm³/mol. The molecule has 3 rings (SSSR count). The van der Waals surface area contributed by atoms with E-state index in [-0.39, 0.29) is 13.4 Å². The molecule has 0 aromatic heterocycles. The predicted octanol–water partition coefficient (Wildman–Crippen LogP) is 1.63. The number of piperidine rings is 1. The Bertz CT molecular complexity index is 477. The Morgan fingerprint density at radius 3 is 3.10 bits per heavy atom. The standard InChI is InChI=1S/C15H21NO4/c1-18-13-5-12(6-14-15(13)20-10-19-14)8-16-4-2-3-11(7-16)9-17/h5-6,11,17H,2-4,7-10H2,1H3. The van der Waals surface area contributed by atoms with E-state index < -0.39 is 0 Å². The molecule has 110 valence electrons. The Hall–Kier alpha value is -1.46. The van der Waals surface area contributed by atoms with Crippen LogP contribution in [-0.2, 0) is 6.54 Å². The molecule has 5 heteroatoms. The maximum absolute atomic E-state index is 9.30. The summed E-state index contributed by atoms with van der Waals surface area (Å²) in [6.45, 7) is 3.41. The first-order valence-electron chi connectivity index (χ1n) is 7.10. The van der Waals surface area contributed by atoms with E-state index in [1.807, 2.05) is 12.1 Å². The third kappa shape index (κ3) is 2.69. The molecule has 0 bridgehead atoms. The average Bonchev–Trinajstić information content (AvgIpc) is 2.95. The zero-order valence-electron chi connectivity index (χ0n) is 11.8. The van der Waals surface area contributed by atoms with Crippen molar-refractivity contribution in [2.45, 2.75) is 19.4 Å². The molecule has 2 aliphatic heterocycles. The van der Waals surface area contributed by atoms with Crippen molar-refractivity contribution in [1.29, 1.82) is 0 Å². The van der Waals surface area contributed by atoms with Crippen LogP contribution >= 0.6 is 0 Å². The number of rotatable bonds is 4. The third-order valence-corrected chi connectivity index (χ3v) is 3.99. The maximum atomic E-state index is 9.30. The lowest BCUT2D eigenvalue weighted by Crippen LogP contribution is -2.36. The number of ether oxygens (including phenoxy) is 3. The fraction of sp³-hybridized carbons (Fsp3) is 0.600. The van der Waals surface area contributed by atoms with Crippen molar-refractivity contribution in [1.82, 2.24) is 4.90 Å². The molecular weight excluding hydrogens is 258 g/mol. The van der Waals surface area contributed by atoms with Gasteiger partial charge in [0.15, 0.2) is 11.5 Å². The number of aliphatic hydroxyl groups is 1. The van der Waals surface area contributed by atoms with E-state index in [2.05, 4.69) is 4.90 Å². The first-order valence-corrected chi connectivity index (χ1v) is 7.10. The second kappa shape index (κ2) is 5.89. The molecule has 1 unspecified atom stereocenters. The Kier molecular flexibility index (Phi) is 3.98. The summed E-state index contributed by atoms with van der Waals surface area (Å²) >= 11 is 0. The number of benzene rings is 1. The molecule has 0 radical (unpaired) electrons. The second-order valence-corrected chi connectivity index (χ2v) is 5.46. The van der Waals surface area contributed by atoms with Gasteiger partial charge in [0, 0.05) is 19.7 Å². The molecule has 0 aliphatic carbocycles. The summed E-state index contributed by atoms with van der Waals surface area (Å²) in [5, 5.41) is 9.30. The highest BCUT2D eigenvalue weighted by Gasteiger charge is 2.23. The van der Waals surface area contributed by atoms with Gasteiger partial charge in [-0.25, -0.2) is 0 Å². The van der Waals surface area contributed by atoms with Crippen LogP contribution in [0.3, 0.4) is 0 Å². The summed E-state index contributed by atoms with van der Waals surface area (Å²) in [6.07, 6.45) is 2.27. The van der Waals surface area contributed by atoms with Gasteiger partial charge in [-0.1, -0.05) is 0 Å². The molecule has 1 fully saturated rings. The molecule has 1 N–H and O–H groups in total. The average molecular weight is 279 g/mol. The SMILES string of the molecule is COc1cc(CN2CCCC(CO)C2)cc2c1OCO2. The van der Waals surface area contributed by atoms with Crippen LogP contribution in [0.1, 0.15) is 18.4 Å². The van der Waals surface area contributed by atoms with E-state index in [0.29, 0.717) is 11.7 Å². The van der Waals surface area contributed by atoms with Crippen LogP contribution in [0.25, 0.3) is 0 Å². The van der Waals surface area contributed by atoms with Crippen molar-refractivity contribution in [3.05, 3.63) is 17.7 Å². The number of hydrogen-bond donors (Lipinski definition) is 1. The molecule has 1 aromatic carbocycles. The Morgan fingerprint density at radius 2 is 2.30 bits per heavy atom. The van der Waals surface area contributed by atoms with Crippen molar-refractivity contribution in [2.24, 2.45) is 5.92 Å². The molecule has 0 saturated carbocycles. The van der Waals surface area contributed by atoms with Crippen LogP contribution in [0.2, 0.25) is 0 Å². The first-order chi connectivity index (χ1) is 9.80. The molecule has 2 aliphatic rings. The van der Waals surface area contributed by atoms with E-state index >= 15 is 0 Å². The molecule has 20 heavy (non-hydrogen) atoms. The second-order valence-electron chi connectivity index (χ2n) is 5.46. The van der Waals surface area contributed by atoms with Crippen molar-refractivity contribution < 1.29 is 19.3 Å². The minimum Gasteiger partial charge on any atom is -0.493 e. The summed E-state index contributed by atoms with van der Waals surface area (Å²) in [5.74, 6) is 2.59. The Morgan fingerprint density at radius 1 is 1.40 bits per heavy atom. The van der Waals surface area contributed by atoms with Crippen LogP contribution in [0, 0.1) is 5.92 Å². The summed E-state index contributed by atoms with van der Waals surface area (Å²) in [6, 6.07) is 4.03. The zero-order chi connectivity index (χ0) is 13.9. The highest BCUT2D eigenvalue weighted by molar-refractivity contribution is 5.55. The minimum absolute atomic E-state index is 0.255. The van der Waals surface area contributed by atoms with Gasteiger partial charge >= 0.3 is 0 Å². The topological polar surface area (TPSA) is 51.2 Å². The fourth-order valence-electron chi connectivity index (χ4n) is 2.98. The van der Waals surface area contributed by atoms with Crippen LogP contribution in [0.5, 0.6) is 17.2 Å².